The average Bonchev–Trinajstić information content (AvgIpc) is 3.16. The van der Waals surface area contributed by atoms with Crippen molar-refractivity contribution in [2.24, 2.45) is 0 Å². The average molecular weight is 416 g/mol. The Bertz CT molecular complexity index is 893. The van der Waals surface area contributed by atoms with Gasteiger partial charge >= 0.3 is 6.03 Å². The van der Waals surface area contributed by atoms with E-state index in [1.54, 1.807) is 6.07 Å². The second-order valence-corrected chi connectivity index (χ2v) is 8.21. The van der Waals surface area contributed by atoms with Crippen LogP contribution in [0.25, 0.3) is 0 Å². The van der Waals surface area contributed by atoms with Gasteiger partial charge < -0.3 is 25.2 Å². The highest BCUT2D eigenvalue weighted by Crippen LogP contribution is 2.30. The van der Waals surface area contributed by atoms with Gasteiger partial charge in [-0.2, -0.15) is 0 Å². The maximum absolute atomic E-state index is 14.0. The number of piperidine rings is 1. The zero-order valence-electron chi connectivity index (χ0n) is 17.3. The number of carbonyl (C=O) groups excluding carboxylic acids is 1. The van der Waals surface area contributed by atoms with E-state index in [1.165, 1.54) is 12.1 Å². The van der Waals surface area contributed by atoms with Crippen molar-refractivity contribution in [3.05, 3.63) is 46.6 Å². The molecule has 162 valence electrons. The van der Waals surface area contributed by atoms with E-state index in [1.807, 2.05) is 6.92 Å². The van der Waals surface area contributed by atoms with Crippen molar-refractivity contribution < 1.29 is 18.8 Å². The predicted octanol–water partition coefficient (Wildman–Crippen LogP) is 3.21. The van der Waals surface area contributed by atoms with Gasteiger partial charge in [0, 0.05) is 36.3 Å². The summed E-state index contributed by atoms with van der Waals surface area (Å²) in [4.78, 5) is 14.6. The standard InChI is InChI=1S/C22H29FN4O3/c1-14(18-12-15(23)6-7-20(18)27-10-8-16(28)9-11-27)25-22(29)24-13-19-17-4-2-3-5-21(17)30-26-19/h6-7,12,14,16,28H,2-5,8-11,13H2,1H3,(H2,24,25,29). The fourth-order valence-electron chi connectivity index (χ4n) is 4.34. The van der Waals surface area contributed by atoms with Crippen LogP contribution >= 0.6 is 0 Å². The number of hydrogen-bond donors (Lipinski definition) is 3. The monoisotopic (exact) mass is 416 g/mol. The molecule has 2 aliphatic rings. The molecule has 1 aromatic heterocycles. The largest absolute Gasteiger partial charge is 0.393 e. The Morgan fingerprint density at radius 2 is 2.10 bits per heavy atom. The van der Waals surface area contributed by atoms with Gasteiger partial charge in [0.1, 0.15) is 17.3 Å². The van der Waals surface area contributed by atoms with Gasteiger partial charge in [-0.25, -0.2) is 9.18 Å². The van der Waals surface area contributed by atoms with Crippen LogP contribution < -0.4 is 15.5 Å². The zero-order chi connectivity index (χ0) is 21.1. The molecule has 0 spiro atoms. The van der Waals surface area contributed by atoms with Crippen LogP contribution in [0.1, 0.15) is 61.2 Å². The first-order valence-electron chi connectivity index (χ1n) is 10.7. The number of aryl methyl sites for hydroxylation is 1. The van der Waals surface area contributed by atoms with E-state index >= 15 is 0 Å². The number of amides is 2. The number of anilines is 1. The Morgan fingerprint density at radius 3 is 2.90 bits per heavy atom. The molecule has 1 aromatic carbocycles. The summed E-state index contributed by atoms with van der Waals surface area (Å²) < 4.78 is 19.3. The van der Waals surface area contributed by atoms with E-state index in [0.29, 0.717) is 32.5 Å². The lowest BCUT2D eigenvalue weighted by atomic mass is 9.96. The van der Waals surface area contributed by atoms with E-state index in [9.17, 15) is 14.3 Å². The number of nitrogens with zero attached hydrogens (tertiary/aromatic N) is 2. The molecule has 0 bridgehead atoms. The molecule has 1 saturated heterocycles. The molecule has 1 atom stereocenters. The van der Waals surface area contributed by atoms with Gasteiger partial charge in [-0.15, -0.1) is 0 Å². The van der Waals surface area contributed by atoms with E-state index in [0.717, 1.165) is 54.0 Å². The van der Waals surface area contributed by atoms with Crippen molar-refractivity contribution in [2.75, 3.05) is 18.0 Å². The molecule has 0 saturated carbocycles. The molecule has 1 aliphatic heterocycles. The summed E-state index contributed by atoms with van der Waals surface area (Å²) in [5, 5.41) is 19.6. The molecular formula is C22H29FN4O3. The molecule has 7 nitrogen and oxygen atoms in total. The lowest BCUT2D eigenvalue weighted by molar-refractivity contribution is 0.145. The normalized spacial score (nSPS) is 18.0. The third-order valence-electron chi connectivity index (χ3n) is 6.06. The van der Waals surface area contributed by atoms with Crippen molar-refractivity contribution in [3.8, 4) is 0 Å². The highest BCUT2D eigenvalue weighted by atomic mass is 19.1. The second kappa shape index (κ2) is 9.04. The highest BCUT2D eigenvalue weighted by molar-refractivity contribution is 5.75. The minimum absolute atomic E-state index is 0.284. The molecule has 1 unspecified atom stereocenters. The van der Waals surface area contributed by atoms with E-state index < -0.39 is 0 Å². The van der Waals surface area contributed by atoms with Crippen LogP contribution in [0.4, 0.5) is 14.9 Å². The van der Waals surface area contributed by atoms with Crippen LogP contribution in [0.15, 0.2) is 22.7 Å². The molecule has 3 N–H and O–H groups in total. The van der Waals surface area contributed by atoms with Gasteiger partial charge in [0.15, 0.2) is 0 Å². The van der Waals surface area contributed by atoms with Gasteiger partial charge in [-0.3, -0.25) is 0 Å². The van der Waals surface area contributed by atoms with Gasteiger partial charge in [0.05, 0.1) is 18.7 Å². The number of aliphatic hydroxyl groups is 1. The molecule has 4 rings (SSSR count). The Balaban J connectivity index is 1.39. The number of urea groups is 1. The van der Waals surface area contributed by atoms with Crippen LogP contribution in [-0.2, 0) is 19.4 Å². The van der Waals surface area contributed by atoms with Crippen LogP contribution in [0, 0.1) is 5.82 Å². The summed E-state index contributed by atoms with van der Waals surface area (Å²) in [6.45, 7) is 3.55. The summed E-state index contributed by atoms with van der Waals surface area (Å²) in [6, 6.07) is 3.94. The van der Waals surface area contributed by atoms with E-state index in [4.69, 9.17) is 4.52 Å². The quantitative estimate of drug-likeness (QED) is 0.696. The number of fused-ring (bicyclic) bond motifs is 1. The van der Waals surface area contributed by atoms with E-state index in [-0.39, 0.29) is 24.0 Å². The number of benzene rings is 1. The van der Waals surface area contributed by atoms with Crippen molar-refractivity contribution in [1.82, 2.24) is 15.8 Å². The Morgan fingerprint density at radius 1 is 1.33 bits per heavy atom. The number of aliphatic hydroxyl groups excluding tert-OH is 1. The maximum atomic E-state index is 14.0. The Hall–Kier alpha value is -2.61. The first-order chi connectivity index (χ1) is 14.5. The molecule has 2 aromatic rings. The topological polar surface area (TPSA) is 90.6 Å². The molecule has 0 radical (unpaired) electrons. The number of hydrogen-bond acceptors (Lipinski definition) is 5. The van der Waals surface area contributed by atoms with Gasteiger partial charge in [0.2, 0.25) is 0 Å². The maximum Gasteiger partial charge on any atom is 0.315 e. The molecule has 2 amide bonds. The molecular weight excluding hydrogens is 387 g/mol. The van der Waals surface area contributed by atoms with Crippen molar-refractivity contribution in [2.45, 2.75) is 64.1 Å². The Kier molecular flexibility index (Phi) is 6.22. The van der Waals surface area contributed by atoms with Crippen LogP contribution in [0.5, 0.6) is 0 Å². The van der Waals surface area contributed by atoms with Gasteiger partial charge in [0.25, 0.3) is 0 Å². The molecule has 30 heavy (non-hydrogen) atoms. The van der Waals surface area contributed by atoms with Crippen molar-refractivity contribution in [3.63, 3.8) is 0 Å². The number of aromatic nitrogens is 1. The number of nitrogens with one attached hydrogen (secondary N) is 2. The number of rotatable bonds is 5. The molecule has 2 heterocycles. The van der Waals surface area contributed by atoms with Crippen molar-refractivity contribution in [1.29, 1.82) is 0 Å². The van der Waals surface area contributed by atoms with Crippen LogP contribution in [0.2, 0.25) is 0 Å². The zero-order valence-corrected chi connectivity index (χ0v) is 17.3. The fourth-order valence-corrected chi connectivity index (χ4v) is 4.34. The molecule has 1 aliphatic carbocycles. The highest BCUT2D eigenvalue weighted by Gasteiger charge is 2.23. The smallest absolute Gasteiger partial charge is 0.315 e. The summed E-state index contributed by atoms with van der Waals surface area (Å²) in [5.41, 5.74) is 3.52. The lowest BCUT2D eigenvalue weighted by Crippen LogP contribution is -2.39. The molecule has 1 fully saturated rings. The van der Waals surface area contributed by atoms with Gasteiger partial charge in [-0.05, 0) is 57.2 Å². The SMILES string of the molecule is CC(NC(=O)NCc1noc2c1CCCC2)c1cc(F)ccc1N1CCC(O)CC1. The van der Waals surface area contributed by atoms with Crippen LogP contribution in [0.3, 0.4) is 0 Å². The third-order valence-corrected chi connectivity index (χ3v) is 6.06. The van der Waals surface area contributed by atoms with Crippen molar-refractivity contribution >= 4 is 11.7 Å². The summed E-state index contributed by atoms with van der Waals surface area (Å²) in [5.74, 6) is 0.594. The summed E-state index contributed by atoms with van der Waals surface area (Å²) >= 11 is 0. The number of carbonyl (C=O) groups is 1. The molecule has 8 heteroatoms. The fraction of sp³-hybridized carbons (Fsp3) is 0.545. The third kappa shape index (κ3) is 4.59. The Labute approximate surface area is 175 Å². The first-order valence-corrected chi connectivity index (χ1v) is 10.7. The second-order valence-electron chi connectivity index (χ2n) is 8.21. The van der Waals surface area contributed by atoms with E-state index in [2.05, 4.69) is 20.7 Å². The summed E-state index contributed by atoms with van der Waals surface area (Å²) in [7, 11) is 0. The van der Waals surface area contributed by atoms with Crippen LogP contribution in [-0.4, -0.2) is 35.5 Å². The minimum atomic E-state index is -0.381. The number of halogens is 1. The lowest BCUT2D eigenvalue weighted by Gasteiger charge is -2.34. The minimum Gasteiger partial charge on any atom is -0.393 e. The first kappa shape index (κ1) is 20.7. The summed E-state index contributed by atoms with van der Waals surface area (Å²) in [6.07, 6.45) is 5.14. The van der Waals surface area contributed by atoms with Gasteiger partial charge in [-0.1, -0.05) is 5.16 Å². The predicted molar refractivity (Wildman–Crippen MR) is 111 cm³/mol.